The Morgan fingerprint density at radius 3 is 2.11 bits per heavy atom. The summed E-state index contributed by atoms with van der Waals surface area (Å²) in [5.41, 5.74) is 12.3. The third-order valence-electron chi connectivity index (χ3n) is 11.2. The van der Waals surface area contributed by atoms with E-state index in [9.17, 15) is 0 Å². The minimum atomic E-state index is -0.754. The van der Waals surface area contributed by atoms with Crippen molar-refractivity contribution < 1.29 is 25.6 Å². The number of nitrogens with zero attached hydrogens (tertiary/aromatic N) is 3. The van der Waals surface area contributed by atoms with Crippen LogP contribution in [0.1, 0.15) is 18.4 Å². The van der Waals surface area contributed by atoms with Gasteiger partial charge in [0.15, 0.2) is 0 Å². The molecule has 3 aromatic heterocycles. The number of aliphatic imine (C=N–C) groups is 1. The van der Waals surface area contributed by atoms with E-state index in [2.05, 4.69) is 171 Å². The molecular formula is C49H31IN3O-. The Hall–Kier alpha value is -6.18. The monoisotopic (exact) mass is 804 g/mol. The van der Waals surface area contributed by atoms with E-state index in [1.165, 1.54) is 60.1 Å². The molecule has 0 spiro atoms. The molecule has 0 atom stereocenters. The summed E-state index contributed by atoms with van der Waals surface area (Å²) in [5.74, 6) is 0. The maximum absolute atomic E-state index is 6.90. The van der Waals surface area contributed by atoms with Crippen LogP contribution in [0, 0.1) is 0 Å². The predicted molar refractivity (Wildman–Crippen MR) is 222 cm³/mol. The van der Waals surface area contributed by atoms with Gasteiger partial charge in [-0.15, -0.1) is 0 Å². The van der Waals surface area contributed by atoms with Gasteiger partial charge in [-0.25, -0.2) is 0 Å². The number of halogens is 1. The zero-order valence-corrected chi connectivity index (χ0v) is 31.3. The van der Waals surface area contributed by atoms with Crippen molar-refractivity contribution in [1.82, 2.24) is 9.13 Å². The van der Waals surface area contributed by atoms with Gasteiger partial charge in [0.1, 0.15) is 0 Å². The van der Waals surface area contributed by atoms with E-state index < -0.39 is 21.2 Å². The van der Waals surface area contributed by atoms with Crippen molar-refractivity contribution in [3.05, 3.63) is 173 Å². The molecule has 0 amide bonds. The molecule has 0 bridgehead atoms. The first-order chi connectivity index (χ1) is 26.8. The zero-order chi connectivity index (χ0) is 35.3. The summed E-state index contributed by atoms with van der Waals surface area (Å²) >= 11 is -0.754. The standard InChI is InChI=1S/C49H31IN3O/c1-3-13-30(14-4-1)41-29-50-49(51-44-33-18-8-7-15-31(33)23-24-36(41)44)53-46-38(39-27-28-40-35-20-10-12-22-43(35)54-48(40)47(39)53)26-25-37-34-19-9-11-21-42(34)52(45(37)46)32-16-5-2-6-17-32/h2-3,5-29H,1,4H2/q-1. The predicted octanol–water partition coefficient (Wildman–Crippen LogP) is 10.2. The first-order valence-corrected chi connectivity index (χ1v) is 20.8. The Bertz CT molecular complexity index is 3350. The second kappa shape index (κ2) is 11.7. The first kappa shape index (κ1) is 30.3. The van der Waals surface area contributed by atoms with Gasteiger partial charge in [0, 0.05) is 0 Å². The van der Waals surface area contributed by atoms with Crippen molar-refractivity contribution in [2.75, 3.05) is 0 Å². The number of aromatic nitrogens is 2. The molecule has 12 rings (SSSR count). The van der Waals surface area contributed by atoms with E-state index in [4.69, 9.17) is 9.41 Å². The normalized spacial score (nSPS) is 14.9. The van der Waals surface area contributed by atoms with Crippen LogP contribution < -0.4 is 21.2 Å². The zero-order valence-electron chi connectivity index (χ0n) is 29.1. The topological polar surface area (TPSA) is 35.4 Å². The van der Waals surface area contributed by atoms with E-state index >= 15 is 0 Å². The van der Waals surface area contributed by atoms with Crippen LogP contribution in [0.4, 0.5) is 5.69 Å². The van der Waals surface area contributed by atoms with Crippen LogP contribution in [0.2, 0.25) is 0 Å². The summed E-state index contributed by atoms with van der Waals surface area (Å²) in [6, 6.07) is 50.4. The molecule has 0 N–H and O–H groups in total. The molecule has 1 aliphatic carbocycles. The maximum atomic E-state index is 6.90. The first-order valence-electron chi connectivity index (χ1n) is 18.5. The van der Waals surface area contributed by atoms with Crippen molar-refractivity contribution in [1.29, 1.82) is 0 Å². The molecule has 256 valence electrons. The van der Waals surface area contributed by atoms with Crippen LogP contribution >= 0.6 is 0 Å². The molecule has 0 fully saturated rings. The number of fused-ring (bicyclic) bond motifs is 14. The Kier molecular flexibility index (Phi) is 6.54. The van der Waals surface area contributed by atoms with Crippen molar-refractivity contribution in [2.24, 2.45) is 4.99 Å². The van der Waals surface area contributed by atoms with Gasteiger partial charge in [0.05, 0.1) is 0 Å². The number of para-hydroxylation sites is 3. The van der Waals surface area contributed by atoms with Gasteiger partial charge < -0.3 is 0 Å². The quantitative estimate of drug-likeness (QED) is 0.160. The molecule has 1 aliphatic heterocycles. The van der Waals surface area contributed by atoms with Crippen LogP contribution in [0.5, 0.6) is 0 Å². The molecule has 5 heteroatoms. The molecule has 0 unspecified atom stereocenters. The van der Waals surface area contributed by atoms with Gasteiger partial charge in [-0.2, -0.15) is 0 Å². The molecule has 0 saturated heterocycles. The van der Waals surface area contributed by atoms with Crippen molar-refractivity contribution in [3.63, 3.8) is 0 Å². The van der Waals surface area contributed by atoms with Crippen molar-refractivity contribution >= 4 is 91.4 Å². The fourth-order valence-electron chi connectivity index (χ4n) is 8.84. The number of hydrogen-bond acceptors (Lipinski definition) is 2. The Morgan fingerprint density at radius 2 is 1.26 bits per heavy atom. The van der Waals surface area contributed by atoms with Crippen LogP contribution in [0.25, 0.3) is 87.6 Å². The fraction of sp³-hybridized carbons (Fsp3) is 0.0408. The van der Waals surface area contributed by atoms with Gasteiger partial charge in [0.25, 0.3) is 0 Å². The Morgan fingerprint density at radius 1 is 0.556 bits per heavy atom. The average Bonchev–Trinajstić information content (AvgIpc) is 3.84. The minimum absolute atomic E-state index is 0.754. The molecule has 4 nitrogen and oxygen atoms in total. The molecule has 54 heavy (non-hydrogen) atoms. The number of benzene rings is 7. The molecular weight excluding hydrogens is 773 g/mol. The van der Waals surface area contributed by atoms with E-state index in [-0.39, 0.29) is 0 Å². The van der Waals surface area contributed by atoms with E-state index in [0.717, 1.165) is 61.0 Å². The molecule has 2 aliphatic rings. The Balaban J connectivity index is 1.30. The second-order valence-corrected chi connectivity index (χ2v) is 16.4. The van der Waals surface area contributed by atoms with E-state index in [1.54, 1.807) is 0 Å². The number of furan rings is 1. The molecule has 10 aromatic rings. The van der Waals surface area contributed by atoms with Crippen LogP contribution in [0.3, 0.4) is 0 Å². The molecule has 0 saturated carbocycles. The molecule has 0 radical (unpaired) electrons. The average molecular weight is 805 g/mol. The summed E-state index contributed by atoms with van der Waals surface area (Å²) in [7, 11) is 0. The molecule has 7 aromatic carbocycles. The van der Waals surface area contributed by atoms with Crippen LogP contribution in [-0.4, -0.2) is 13.0 Å². The molecule has 4 heterocycles. The second-order valence-electron chi connectivity index (χ2n) is 14.2. The van der Waals surface area contributed by atoms with E-state index in [1.807, 2.05) is 0 Å². The van der Waals surface area contributed by atoms with Gasteiger partial charge >= 0.3 is 323 Å². The van der Waals surface area contributed by atoms with Crippen molar-refractivity contribution in [3.8, 4) is 5.69 Å². The third-order valence-corrected chi connectivity index (χ3v) is 13.4. The number of hydrogen-bond donors (Lipinski definition) is 0. The van der Waals surface area contributed by atoms with Crippen LogP contribution in [0.15, 0.2) is 177 Å². The van der Waals surface area contributed by atoms with Gasteiger partial charge in [-0.1, -0.05) is 0 Å². The summed E-state index contributed by atoms with van der Waals surface area (Å²) in [6.45, 7) is 0. The van der Waals surface area contributed by atoms with Gasteiger partial charge in [-0.05, 0) is 0 Å². The summed E-state index contributed by atoms with van der Waals surface area (Å²) in [4.78, 5) is 5.85. The summed E-state index contributed by atoms with van der Waals surface area (Å²) in [5, 5.41) is 9.42. The third kappa shape index (κ3) is 4.27. The van der Waals surface area contributed by atoms with Gasteiger partial charge in [0.2, 0.25) is 0 Å². The number of rotatable bonds is 2. The summed E-state index contributed by atoms with van der Waals surface area (Å²) < 4.78 is 15.4. The summed E-state index contributed by atoms with van der Waals surface area (Å²) in [6.07, 6.45) is 9.16. The van der Waals surface area contributed by atoms with E-state index in [0.29, 0.717) is 0 Å². The Labute approximate surface area is 320 Å². The van der Waals surface area contributed by atoms with Gasteiger partial charge in [-0.3, -0.25) is 0 Å². The number of allylic oxidation sites excluding steroid dienone is 5. The van der Waals surface area contributed by atoms with Crippen LogP contribution in [-0.2, 0) is 0 Å². The fourth-order valence-corrected chi connectivity index (χ4v) is 11.3. The SMILES string of the molecule is C1=CC(C2=C[I-]C(n3c4c(ccc5c6ccccc6oc54)c4ccc5c6ccccc6n(-c6ccccc6)c5c43)=Nc3c2ccc2ccccc32)=CCC1. The van der Waals surface area contributed by atoms with Crippen molar-refractivity contribution in [2.45, 2.75) is 12.8 Å².